The van der Waals surface area contributed by atoms with Crippen molar-refractivity contribution in [3.05, 3.63) is 11.6 Å². The smallest absolute Gasteiger partial charge is 0.302 e. The van der Waals surface area contributed by atoms with Crippen molar-refractivity contribution in [2.24, 2.45) is 0 Å². The summed E-state index contributed by atoms with van der Waals surface area (Å²) in [5, 5.41) is 0. The highest BCUT2D eigenvalue weighted by atomic mass is 35.5. The van der Waals surface area contributed by atoms with Crippen LogP contribution in [0.3, 0.4) is 0 Å². The van der Waals surface area contributed by atoms with E-state index in [1.807, 2.05) is 6.92 Å². The summed E-state index contributed by atoms with van der Waals surface area (Å²) in [4.78, 5) is 9.07. The summed E-state index contributed by atoms with van der Waals surface area (Å²) < 4.78 is 20.3. The lowest BCUT2D eigenvalue weighted by atomic mass is 10.3. The fourth-order valence-electron chi connectivity index (χ4n) is 0.743. The zero-order chi connectivity index (χ0) is 10.9. The summed E-state index contributed by atoms with van der Waals surface area (Å²) >= 11 is 5.20. The van der Waals surface area contributed by atoms with Crippen molar-refractivity contribution < 1.29 is 18.5 Å². The maximum atomic E-state index is 11.1. The van der Waals surface area contributed by atoms with Crippen molar-refractivity contribution in [1.29, 1.82) is 0 Å². The third kappa shape index (κ3) is 8.73. The maximum absolute atomic E-state index is 11.1. The van der Waals surface area contributed by atoms with Gasteiger partial charge in [-0.1, -0.05) is 31.4 Å². The minimum Gasteiger partial charge on any atom is -0.302 e. The van der Waals surface area contributed by atoms with Gasteiger partial charge in [0, 0.05) is 5.54 Å². The number of hydrogen-bond acceptors (Lipinski definition) is 3. The van der Waals surface area contributed by atoms with Crippen molar-refractivity contribution in [3.63, 3.8) is 0 Å². The predicted molar refractivity (Wildman–Crippen MR) is 56.2 cm³/mol. The Balaban J connectivity index is 3.56. The predicted octanol–water partition coefficient (Wildman–Crippen LogP) is 3.06. The van der Waals surface area contributed by atoms with E-state index in [0.717, 1.165) is 19.3 Å². The normalized spacial score (nSPS) is 15.9. The molecule has 0 rings (SSSR count). The molecule has 1 N–H and O–H groups in total. The van der Waals surface area contributed by atoms with E-state index in [-0.39, 0.29) is 13.2 Å². The van der Waals surface area contributed by atoms with E-state index in [9.17, 15) is 4.57 Å². The number of halogens is 1. The monoisotopic (exact) mass is 242 g/mol. The van der Waals surface area contributed by atoms with E-state index < -0.39 is 7.82 Å². The SMILES string of the molecule is CCCCCOP(=O)(O)OCC=CCl. The Morgan fingerprint density at radius 3 is 2.71 bits per heavy atom. The maximum Gasteiger partial charge on any atom is 0.472 e. The number of hydrogen-bond donors (Lipinski definition) is 1. The van der Waals surface area contributed by atoms with Crippen LogP contribution in [0, 0.1) is 0 Å². The van der Waals surface area contributed by atoms with Crippen LogP contribution in [0.1, 0.15) is 26.2 Å². The molecule has 0 aromatic heterocycles. The van der Waals surface area contributed by atoms with Crippen LogP contribution in [0.15, 0.2) is 11.6 Å². The molecule has 0 radical (unpaired) electrons. The number of unbranched alkanes of at least 4 members (excludes halogenated alkanes) is 2. The van der Waals surface area contributed by atoms with Gasteiger partial charge in [-0.15, -0.1) is 0 Å². The fraction of sp³-hybridized carbons (Fsp3) is 0.750. The van der Waals surface area contributed by atoms with Crippen molar-refractivity contribution in [3.8, 4) is 0 Å². The minimum absolute atomic E-state index is 0.0228. The molecule has 0 heterocycles. The molecule has 0 saturated heterocycles. The molecule has 0 aromatic rings. The lowest BCUT2D eigenvalue weighted by Gasteiger charge is -2.10. The number of phosphoric acid groups is 1. The first-order chi connectivity index (χ1) is 6.62. The number of rotatable bonds is 8. The first kappa shape index (κ1) is 14.1. The molecule has 1 atom stereocenters. The first-order valence-electron chi connectivity index (χ1n) is 4.49. The topological polar surface area (TPSA) is 55.8 Å². The van der Waals surface area contributed by atoms with Crippen molar-refractivity contribution in [2.75, 3.05) is 13.2 Å². The molecule has 0 fully saturated rings. The average Bonchev–Trinajstić information content (AvgIpc) is 2.13. The van der Waals surface area contributed by atoms with Crippen LogP contribution in [0.2, 0.25) is 0 Å². The van der Waals surface area contributed by atoms with Crippen molar-refractivity contribution in [2.45, 2.75) is 26.2 Å². The van der Waals surface area contributed by atoms with E-state index in [1.165, 1.54) is 11.6 Å². The van der Waals surface area contributed by atoms with Gasteiger partial charge in [0.05, 0.1) is 13.2 Å². The summed E-state index contributed by atoms with van der Waals surface area (Å²) in [5.41, 5.74) is 1.22. The molecule has 0 aromatic carbocycles. The van der Waals surface area contributed by atoms with Crippen LogP contribution in [-0.4, -0.2) is 18.1 Å². The standard InChI is InChI=1S/C8H16ClO4P/c1-2-3-4-7-12-14(10,11)13-8-5-6-9/h5-6H,2-4,7-8H2,1H3,(H,10,11). The molecule has 1 unspecified atom stereocenters. The molecule has 0 aliphatic carbocycles. The molecular formula is C8H16ClO4P. The van der Waals surface area contributed by atoms with E-state index in [1.54, 1.807) is 0 Å². The third-order valence-electron chi connectivity index (χ3n) is 1.43. The number of phosphoric ester groups is 1. The van der Waals surface area contributed by atoms with Gasteiger partial charge in [-0.2, -0.15) is 0 Å². The van der Waals surface area contributed by atoms with Gasteiger partial charge in [0.2, 0.25) is 0 Å². The highest BCUT2D eigenvalue weighted by Gasteiger charge is 2.19. The summed E-state index contributed by atoms with van der Waals surface area (Å²) in [7, 11) is -3.87. The molecule has 0 saturated carbocycles. The summed E-state index contributed by atoms with van der Waals surface area (Å²) in [6.07, 6.45) is 4.19. The second kappa shape index (κ2) is 8.45. The summed E-state index contributed by atoms with van der Waals surface area (Å²) in [5.74, 6) is 0. The zero-order valence-corrected chi connectivity index (χ0v) is 9.84. The highest BCUT2D eigenvalue weighted by molar-refractivity contribution is 7.47. The van der Waals surface area contributed by atoms with Gasteiger partial charge in [-0.3, -0.25) is 9.05 Å². The quantitative estimate of drug-likeness (QED) is 0.525. The van der Waals surface area contributed by atoms with Crippen molar-refractivity contribution in [1.82, 2.24) is 0 Å². The first-order valence-corrected chi connectivity index (χ1v) is 6.42. The second-order valence-corrected chi connectivity index (χ2v) is 4.37. The fourth-order valence-corrected chi connectivity index (χ4v) is 1.52. The third-order valence-corrected chi connectivity index (χ3v) is 2.59. The lowest BCUT2D eigenvalue weighted by molar-refractivity contribution is 0.158. The Morgan fingerprint density at radius 1 is 1.43 bits per heavy atom. The largest absolute Gasteiger partial charge is 0.472 e. The van der Waals surface area contributed by atoms with Crippen LogP contribution in [0.25, 0.3) is 0 Å². The Morgan fingerprint density at radius 2 is 2.14 bits per heavy atom. The van der Waals surface area contributed by atoms with Gasteiger partial charge in [-0.25, -0.2) is 4.57 Å². The second-order valence-electron chi connectivity index (χ2n) is 2.67. The van der Waals surface area contributed by atoms with E-state index in [2.05, 4.69) is 4.52 Å². The van der Waals surface area contributed by atoms with E-state index in [0.29, 0.717) is 0 Å². The summed E-state index contributed by atoms with van der Waals surface area (Å²) in [6, 6.07) is 0. The van der Waals surface area contributed by atoms with E-state index in [4.69, 9.17) is 21.0 Å². The molecule has 84 valence electrons. The van der Waals surface area contributed by atoms with Gasteiger partial charge in [0.1, 0.15) is 0 Å². The Bertz CT molecular complexity index is 208. The van der Waals surface area contributed by atoms with Gasteiger partial charge < -0.3 is 4.89 Å². The molecule has 0 spiro atoms. The molecular weight excluding hydrogens is 227 g/mol. The Hall–Kier alpha value is 0.140. The van der Waals surface area contributed by atoms with Crippen LogP contribution in [0.4, 0.5) is 0 Å². The van der Waals surface area contributed by atoms with Crippen LogP contribution in [-0.2, 0) is 13.6 Å². The Kier molecular flexibility index (Phi) is 8.53. The minimum atomic E-state index is -3.87. The molecule has 14 heavy (non-hydrogen) atoms. The van der Waals surface area contributed by atoms with Gasteiger partial charge in [-0.05, 0) is 12.5 Å². The van der Waals surface area contributed by atoms with Crippen molar-refractivity contribution >= 4 is 19.4 Å². The average molecular weight is 243 g/mol. The molecule has 0 aliphatic heterocycles. The molecule has 0 amide bonds. The van der Waals surface area contributed by atoms with Gasteiger partial charge in [0.25, 0.3) is 0 Å². The highest BCUT2D eigenvalue weighted by Crippen LogP contribution is 2.43. The lowest BCUT2D eigenvalue weighted by Crippen LogP contribution is -1.97. The zero-order valence-electron chi connectivity index (χ0n) is 8.19. The van der Waals surface area contributed by atoms with Crippen LogP contribution in [0.5, 0.6) is 0 Å². The molecule has 0 bridgehead atoms. The van der Waals surface area contributed by atoms with Crippen LogP contribution >= 0.6 is 19.4 Å². The van der Waals surface area contributed by atoms with E-state index >= 15 is 0 Å². The Labute approximate surface area is 89.5 Å². The van der Waals surface area contributed by atoms with Crippen LogP contribution < -0.4 is 0 Å². The summed E-state index contributed by atoms with van der Waals surface area (Å²) in [6.45, 7) is 2.26. The molecule has 0 aliphatic rings. The van der Waals surface area contributed by atoms with Gasteiger partial charge >= 0.3 is 7.82 Å². The molecule has 6 heteroatoms. The van der Waals surface area contributed by atoms with Gasteiger partial charge in [0.15, 0.2) is 0 Å². The molecule has 4 nitrogen and oxygen atoms in total.